The van der Waals surface area contributed by atoms with E-state index in [-0.39, 0.29) is 18.3 Å². The quantitative estimate of drug-likeness (QED) is 0.736. The molecule has 0 unspecified atom stereocenters. The summed E-state index contributed by atoms with van der Waals surface area (Å²) in [6.07, 6.45) is 4.81. The fourth-order valence-electron chi connectivity index (χ4n) is 3.08. The average molecular weight is 365 g/mol. The molecule has 25 heavy (non-hydrogen) atoms. The van der Waals surface area contributed by atoms with Crippen molar-refractivity contribution < 1.29 is 9.53 Å². The van der Waals surface area contributed by atoms with Crippen molar-refractivity contribution in [1.82, 2.24) is 20.4 Å². The normalized spacial score (nSPS) is 17.2. The van der Waals surface area contributed by atoms with Gasteiger partial charge in [-0.25, -0.2) is 0 Å². The van der Waals surface area contributed by atoms with E-state index in [1.165, 1.54) is 0 Å². The van der Waals surface area contributed by atoms with E-state index < -0.39 is 0 Å². The first-order chi connectivity index (χ1) is 11.7. The Bertz CT molecular complexity index is 753. The molecule has 2 aliphatic rings. The number of ether oxygens (including phenoxy) is 1. The molecule has 1 aromatic heterocycles. The number of benzene rings is 1. The summed E-state index contributed by atoms with van der Waals surface area (Å²) < 4.78 is 7.57. The van der Waals surface area contributed by atoms with Crippen LogP contribution in [0.5, 0.6) is 0 Å². The third-order valence-corrected chi connectivity index (χ3v) is 4.83. The van der Waals surface area contributed by atoms with Crippen LogP contribution < -0.4 is 10.6 Å². The second kappa shape index (κ2) is 7.72. The number of rotatable bonds is 7. The fourth-order valence-corrected chi connectivity index (χ4v) is 3.08. The van der Waals surface area contributed by atoms with Crippen molar-refractivity contribution in [3.63, 3.8) is 0 Å². The molecule has 1 aliphatic carbocycles. The summed E-state index contributed by atoms with van der Waals surface area (Å²) in [5, 5.41) is 11.9. The Hall–Kier alpha value is -1.63. The van der Waals surface area contributed by atoms with E-state index in [1.54, 1.807) is 0 Å². The summed E-state index contributed by atoms with van der Waals surface area (Å²) in [6, 6.07) is 3.81. The van der Waals surface area contributed by atoms with Gasteiger partial charge in [-0.1, -0.05) is 0 Å². The molecule has 1 saturated heterocycles. The van der Waals surface area contributed by atoms with E-state index in [0.717, 1.165) is 54.5 Å². The van der Waals surface area contributed by atoms with E-state index in [9.17, 15) is 4.79 Å². The Morgan fingerprint density at radius 1 is 1.40 bits per heavy atom. The first kappa shape index (κ1) is 18.2. The highest BCUT2D eigenvalue weighted by Gasteiger charge is 2.22. The van der Waals surface area contributed by atoms with Gasteiger partial charge in [0.15, 0.2) is 0 Å². The zero-order chi connectivity index (χ0) is 16.5. The maximum absolute atomic E-state index is 12.4. The van der Waals surface area contributed by atoms with Crippen molar-refractivity contribution in [1.29, 1.82) is 0 Å². The zero-order valence-electron chi connectivity index (χ0n) is 14.5. The minimum atomic E-state index is -0.0373. The standard InChI is InChI=1S/C18H24N4O2.ClH/c1-12-15(18(23)20-6-7-24-14-2-3-14)4-5-17-16(12)11-22(21-17)10-13-8-19-9-13;/h4-5,11,13-14,19H,2-3,6-10H2,1H3,(H,20,23);1H. The molecule has 0 bridgehead atoms. The van der Waals surface area contributed by atoms with Crippen molar-refractivity contribution in [3.8, 4) is 0 Å². The molecule has 2 heterocycles. The third-order valence-electron chi connectivity index (χ3n) is 4.83. The second-order valence-corrected chi connectivity index (χ2v) is 6.87. The van der Waals surface area contributed by atoms with Crippen LogP contribution >= 0.6 is 12.4 Å². The predicted octanol–water partition coefficient (Wildman–Crippen LogP) is 1.89. The summed E-state index contributed by atoms with van der Waals surface area (Å²) in [5.41, 5.74) is 2.67. The molecule has 136 valence electrons. The van der Waals surface area contributed by atoms with Crippen LogP contribution in [0.1, 0.15) is 28.8 Å². The summed E-state index contributed by atoms with van der Waals surface area (Å²) in [4.78, 5) is 12.4. The van der Waals surface area contributed by atoms with Crippen LogP contribution in [0.4, 0.5) is 0 Å². The highest BCUT2D eigenvalue weighted by atomic mass is 35.5. The minimum absolute atomic E-state index is 0. The van der Waals surface area contributed by atoms with Crippen LogP contribution in [0.15, 0.2) is 18.3 Å². The molecule has 6 nitrogen and oxygen atoms in total. The van der Waals surface area contributed by atoms with Gasteiger partial charge in [0.25, 0.3) is 5.91 Å². The lowest BCUT2D eigenvalue weighted by Crippen LogP contribution is -2.44. The van der Waals surface area contributed by atoms with Crippen molar-refractivity contribution in [3.05, 3.63) is 29.5 Å². The summed E-state index contributed by atoms with van der Waals surface area (Å²) >= 11 is 0. The number of hydrogen-bond acceptors (Lipinski definition) is 4. The molecular formula is C18H25ClN4O2. The largest absolute Gasteiger partial charge is 0.376 e. The van der Waals surface area contributed by atoms with Gasteiger partial charge in [0.05, 0.1) is 18.2 Å². The van der Waals surface area contributed by atoms with Gasteiger partial charge in [0.2, 0.25) is 0 Å². The van der Waals surface area contributed by atoms with Crippen molar-refractivity contribution >= 4 is 29.2 Å². The molecule has 1 aromatic carbocycles. The van der Waals surface area contributed by atoms with Crippen LogP contribution in [0.25, 0.3) is 10.9 Å². The molecule has 1 amide bonds. The Balaban J connectivity index is 0.00000182. The highest BCUT2D eigenvalue weighted by Crippen LogP contribution is 2.23. The number of fused-ring (bicyclic) bond motifs is 1. The molecule has 7 heteroatoms. The molecule has 2 fully saturated rings. The van der Waals surface area contributed by atoms with Gasteiger partial charge < -0.3 is 15.4 Å². The number of amides is 1. The zero-order valence-corrected chi connectivity index (χ0v) is 15.3. The number of carbonyl (C=O) groups excluding carboxylic acids is 1. The van der Waals surface area contributed by atoms with Gasteiger partial charge in [-0.15, -0.1) is 12.4 Å². The van der Waals surface area contributed by atoms with E-state index >= 15 is 0 Å². The molecule has 0 spiro atoms. The molecule has 1 saturated carbocycles. The number of halogens is 1. The van der Waals surface area contributed by atoms with Crippen LogP contribution in [0.3, 0.4) is 0 Å². The number of hydrogen-bond donors (Lipinski definition) is 2. The van der Waals surface area contributed by atoms with E-state index in [1.807, 2.05) is 23.7 Å². The monoisotopic (exact) mass is 364 g/mol. The number of nitrogens with zero attached hydrogens (tertiary/aromatic N) is 2. The average Bonchev–Trinajstić information content (AvgIpc) is 3.25. The van der Waals surface area contributed by atoms with E-state index in [2.05, 4.69) is 21.9 Å². The summed E-state index contributed by atoms with van der Waals surface area (Å²) in [7, 11) is 0. The first-order valence-electron chi connectivity index (χ1n) is 8.78. The highest BCUT2D eigenvalue weighted by molar-refractivity contribution is 6.00. The van der Waals surface area contributed by atoms with Gasteiger partial charge in [-0.05, 0) is 37.5 Å². The lowest BCUT2D eigenvalue weighted by atomic mass is 10.0. The van der Waals surface area contributed by atoms with E-state index in [0.29, 0.717) is 25.2 Å². The molecule has 0 radical (unpaired) electrons. The van der Waals surface area contributed by atoms with E-state index in [4.69, 9.17) is 4.74 Å². The van der Waals surface area contributed by atoms with Crippen LogP contribution in [-0.2, 0) is 11.3 Å². The van der Waals surface area contributed by atoms with Gasteiger partial charge in [-0.3, -0.25) is 9.48 Å². The topological polar surface area (TPSA) is 68.2 Å². The first-order valence-corrected chi connectivity index (χ1v) is 8.78. The third kappa shape index (κ3) is 4.14. The lowest BCUT2D eigenvalue weighted by molar-refractivity contribution is 0.0898. The molecule has 0 atom stereocenters. The Labute approximate surface area is 153 Å². The predicted molar refractivity (Wildman–Crippen MR) is 99.4 cm³/mol. The lowest BCUT2D eigenvalue weighted by Gasteiger charge is -2.26. The Morgan fingerprint density at radius 3 is 2.88 bits per heavy atom. The van der Waals surface area contributed by atoms with Crippen LogP contribution in [0, 0.1) is 12.8 Å². The van der Waals surface area contributed by atoms with Crippen LogP contribution in [0.2, 0.25) is 0 Å². The van der Waals surface area contributed by atoms with Crippen molar-refractivity contribution in [2.75, 3.05) is 26.2 Å². The Morgan fingerprint density at radius 2 is 2.20 bits per heavy atom. The molecule has 2 N–H and O–H groups in total. The molecule has 2 aromatic rings. The SMILES string of the molecule is Cc1c(C(=O)NCCOC2CC2)ccc2nn(CC3CNC3)cc12.Cl. The molecular weight excluding hydrogens is 340 g/mol. The van der Waals surface area contributed by atoms with Crippen LogP contribution in [-0.4, -0.2) is 48.0 Å². The van der Waals surface area contributed by atoms with Gasteiger partial charge in [0, 0.05) is 49.2 Å². The number of aromatic nitrogens is 2. The molecule has 4 rings (SSSR count). The maximum Gasteiger partial charge on any atom is 0.251 e. The van der Waals surface area contributed by atoms with Crippen molar-refractivity contribution in [2.24, 2.45) is 5.92 Å². The summed E-state index contributed by atoms with van der Waals surface area (Å²) in [6.45, 7) is 6.19. The minimum Gasteiger partial charge on any atom is -0.376 e. The molecule has 1 aliphatic heterocycles. The fraction of sp³-hybridized carbons (Fsp3) is 0.556. The number of aryl methyl sites for hydroxylation is 1. The van der Waals surface area contributed by atoms with Gasteiger partial charge >= 0.3 is 0 Å². The maximum atomic E-state index is 12.4. The van der Waals surface area contributed by atoms with Crippen molar-refractivity contribution in [2.45, 2.75) is 32.4 Å². The second-order valence-electron chi connectivity index (χ2n) is 6.87. The summed E-state index contributed by atoms with van der Waals surface area (Å²) in [5.74, 6) is 0.624. The Kier molecular flexibility index (Phi) is 5.61. The number of nitrogens with one attached hydrogen (secondary N) is 2. The smallest absolute Gasteiger partial charge is 0.251 e. The van der Waals surface area contributed by atoms with Gasteiger partial charge in [0.1, 0.15) is 0 Å². The van der Waals surface area contributed by atoms with Gasteiger partial charge in [-0.2, -0.15) is 5.10 Å². The number of carbonyl (C=O) groups is 1.